The summed E-state index contributed by atoms with van der Waals surface area (Å²) >= 11 is 1.24. The van der Waals surface area contributed by atoms with Gasteiger partial charge in [0.15, 0.2) is 4.88 Å². The fourth-order valence-corrected chi connectivity index (χ4v) is 4.74. The van der Waals surface area contributed by atoms with Crippen LogP contribution in [0.15, 0.2) is 36.7 Å². The molecule has 34 heavy (non-hydrogen) atoms. The Labute approximate surface area is 200 Å². The second-order valence-electron chi connectivity index (χ2n) is 7.39. The van der Waals surface area contributed by atoms with Gasteiger partial charge in [-0.3, -0.25) is 4.98 Å². The Morgan fingerprint density at radius 3 is 2.76 bits per heavy atom. The summed E-state index contributed by atoms with van der Waals surface area (Å²) in [5.74, 6) is 0.908. The van der Waals surface area contributed by atoms with E-state index in [1.54, 1.807) is 31.6 Å². The van der Waals surface area contributed by atoms with Crippen LogP contribution in [0, 0.1) is 12.7 Å². The Kier molecular flexibility index (Phi) is 6.97. The van der Waals surface area contributed by atoms with E-state index in [0.717, 1.165) is 16.0 Å². The first kappa shape index (κ1) is 23.5. The van der Waals surface area contributed by atoms with Crippen molar-refractivity contribution >= 4 is 34.0 Å². The maximum absolute atomic E-state index is 14.6. The lowest BCUT2D eigenvalue weighted by Crippen LogP contribution is -2.13. The van der Waals surface area contributed by atoms with Crippen LogP contribution in [0.5, 0.6) is 11.5 Å². The highest BCUT2D eigenvalue weighted by atomic mass is 32.1. The molecule has 0 aliphatic rings. The number of carbonyl (C=O) groups excluding carboxylic acids is 1. The molecule has 0 bridgehead atoms. The predicted molar refractivity (Wildman–Crippen MR) is 130 cm³/mol. The Bertz CT molecular complexity index is 1330. The minimum Gasteiger partial charge on any atom is -0.496 e. The number of halogens is 1. The molecule has 0 aliphatic carbocycles. The topological polar surface area (TPSA) is 87.5 Å². The average molecular weight is 485 g/mol. The summed E-state index contributed by atoms with van der Waals surface area (Å²) in [5, 5.41) is 3.99. The van der Waals surface area contributed by atoms with Crippen molar-refractivity contribution in [3.63, 3.8) is 0 Å². The van der Waals surface area contributed by atoms with Crippen molar-refractivity contribution in [3.8, 4) is 22.1 Å². The predicted octanol–water partition coefficient (Wildman–Crippen LogP) is 4.91. The van der Waals surface area contributed by atoms with Crippen LogP contribution in [0.4, 0.5) is 10.2 Å². The lowest BCUT2D eigenvalue weighted by Gasteiger charge is -2.11. The van der Waals surface area contributed by atoms with Gasteiger partial charge in [-0.2, -0.15) is 0 Å². The highest BCUT2D eigenvalue weighted by Gasteiger charge is 2.20. The third-order valence-electron chi connectivity index (χ3n) is 5.29. The van der Waals surface area contributed by atoms with Crippen molar-refractivity contribution in [1.82, 2.24) is 14.5 Å². The smallest absolute Gasteiger partial charge is 0.351 e. The number of nitrogens with one attached hydrogen (secondary N) is 1. The van der Waals surface area contributed by atoms with Gasteiger partial charge in [-0.05, 0) is 32.0 Å². The number of ether oxygens (including phenoxy) is 3. The molecule has 0 saturated carbocycles. The maximum Gasteiger partial charge on any atom is 0.351 e. The van der Waals surface area contributed by atoms with Crippen LogP contribution in [0.3, 0.4) is 0 Å². The number of esters is 1. The summed E-state index contributed by atoms with van der Waals surface area (Å²) in [4.78, 5) is 22.1. The van der Waals surface area contributed by atoms with Gasteiger partial charge in [0.2, 0.25) is 0 Å². The van der Waals surface area contributed by atoms with E-state index in [9.17, 15) is 9.18 Å². The lowest BCUT2D eigenvalue weighted by atomic mass is 10.2. The van der Waals surface area contributed by atoms with Crippen molar-refractivity contribution in [1.29, 1.82) is 0 Å². The van der Waals surface area contributed by atoms with E-state index in [1.807, 2.05) is 24.5 Å². The number of hydrogen-bond acceptors (Lipinski definition) is 8. The quantitative estimate of drug-likeness (QED) is 0.338. The van der Waals surface area contributed by atoms with E-state index in [-0.39, 0.29) is 5.82 Å². The summed E-state index contributed by atoms with van der Waals surface area (Å²) in [6.07, 6.45) is 3.24. The fraction of sp³-hybridized carbons (Fsp3) is 0.292. The van der Waals surface area contributed by atoms with E-state index >= 15 is 0 Å². The van der Waals surface area contributed by atoms with E-state index in [0.29, 0.717) is 53.1 Å². The number of benzene rings is 1. The van der Waals surface area contributed by atoms with E-state index < -0.39 is 5.97 Å². The maximum atomic E-state index is 14.6. The number of aryl methyl sites for hydroxylation is 1. The molecule has 3 heterocycles. The second kappa shape index (κ2) is 10.1. The Hall–Kier alpha value is -3.66. The van der Waals surface area contributed by atoms with E-state index in [4.69, 9.17) is 14.2 Å². The largest absolute Gasteiger partial charge is 0.496 e. The number of rotatable bonds is 9. The number of carbonyl (C=O) groups is 1. The van der Waals surface area contributed by atoms with E-state index in [2.05, 4.69) is 15.3 Å². The molecule has 1 N–H and O–H groups in total. The first-order chi connectivity index (χ1) is 16.5. The molecule has 4 rings (SSSR count). The number of hydrogen-bond donors (Lipinski definition) is 1. The van der Waals surface area contributed by atoms with Crippen LogP contribution in [0.2, 0.25) is 0 Å². The van der Waals surface area contributed by atoms with Crippen LogP contribution in [0.25, 0.3) is 21.5 Å². The van der Waals surface area contributed by atoms with Gasteiger partial charge < -0.3 is 24.1 Å². The summed E-state index contributed by atoms with van der Waals surface area (Å²) < 4.78 is 32.3. The first-order valence-corrected chi connectivity index (χ1v) is 11.5. The number of aromatic nitrogens is 3. The average Bonchev–Trinajstić information content (AvgIpc) is 3.41. The SMILES string of the molecule is CCOc1cc(-c2cncc(NCCn3c(C)cc4c(OC)ccc(F)c43)n2)sc1C(=O)OC. The molecule has 0 fully saturated rings. The monoisotopic (exact) mass is 484 g/mol. The Morgan fingerprint density at radius 2 is 2.03 bits per heavy atom. The molecule has 8 nitrogen and oxygen atoms in total. The molecule has 0 radical (unpaired) electrons. The number of methoxy groups -OCH3 is 2. The fourth-order valence-electron chi connectivity index (χ4n) is 3.77. The zero-order valence-electron chi connectivity index (χ0n) is 19.3. The highest BCUT2D eigenvalue weighted by Crippen LogP contribution is 2.36. The molecular weight excluding hydrogens is 459 g/mol. The third-order valence-corrected chi connectivity index (χ3v) is 6.41. The van der Waals surface area contributed by atoms with Crippen LogP contribution in [-0.4, -0.2) is 47.9 Å². The van der Waals surface area contributed by atoms with Crippen molar-refractivity contribution in [2.45, 2.75) is 20.4 Å². The van der Waals surface area contributed by atoms with Crippen LogP contribution >= 0.6 is 11.3 Å². The van der Waals surface area contributed by atoms with Gasteiger partial charge in [-0.15, -0.1) is 11.3 Å². The molecule has 3 aromatic heterocycles. The molecular formula is C24H25FN4O4S. The minimum absolute atomic E-state index is 0.296. The Balaban J connectivity index is 1.53. The highest BCUT2D eigenvalue weighted by molar-refractivity contribution is 7.17. The van der Waals surface area contributed by atoms with E-state index in [1.165, 1.54) is 24.5 Å². The first-order valence-electron chi connectivity index (χ1n) is 10.7. The van der Waals surface area contributed by atoms with Gasteiger partial charge in [-0.1, -0.05) is 0 Å². The molecule has 0 amide bonds. The molecule has 0 atom stereocenters. The summed E-state index contributed by atoms with van der Waals surface area (Å²) in [5.41, 5.74) is 2.04. The number of nitrogens with zero attached hydrogens (tertiary/aromatic N) is 3. The van der Waals surface area contributed by atoms with Gasteiger partial charge >= 0.3 is 5.97 Å². The Morgan fingerprint density at radius 1 is 1.21 bits per heavy atom. The van der Waals surface area contributed by atoms with Crippen LogP contribution < -0.4 is 14.8 Å². The second-order valence-corrected chi connectivity index (χ2v) is 8.45. The normalized spacial score (nSPS) is 11.0. The lowest BCUT2D eigenvalue weighted by molar-refractivity contribution is 0.0602. The van der Waals surface area contributed by atoms with Crippen molar-refractivity contribution in [2.75, 3.05) is 32.7 Å². The van der Waals surface area contributed by atoms with Crippen LogP contribution in [-0.2, 0) is 11.3 Å². The molecule has 178 valence electrons. The molecule has 4 aromatic rings. The molecule has 0 unspecified atom stereocenters. The van der Waals surface area contributed by atoms with Crippen molar-refractivity contribution in [3.05, 3.63) is 53.0 Å². The minimum atomic E-state index is -0.458. The van der Waals surface area contributed by atoms with Gasteiger partial charge in [0, 0.05) is 30.2 Å². The molecule has 0 spiro atoms. The van der Waals surface area contributed by atoms with Crippen molar-refractivity contribution < 1.29 is 23.4 Å². The van der Waals surface area contributed by atoms with Crippen molar-refractivity contribution in [2.24, 2.45) is 0 Å². The van der Waals surface area contributed by atoms with Crippen LogP contribution in [0.1, 0.15) is 22.3 Å². The van der Waals surface area contributed by atoms with Gasteiger partial charge in [-0.25, -0.2) is 14.2 Å². The zero-order chi connectivity index (χ0) is 24.2. The number of fused-ring (bicyclic) bond motifs is 1. The zero-order valence-corrected chi connectivity index (χ0v) is 20.2. The molecule has 0 aliphatic heterocycles. The van der Waals surface area contributed by atoms with Gasteiger partial charge in [0.1, 0.15) is 28.8 Å². The number of anilines is 1. The molecule has 1 aromatic carbocycles. The van der Waals surface area contributed by atoms with Gasteiger partial charge in [0.05, 0.1) is 43.6 Å². The summed E-state index contributed by atoms with van der Waals surface area (Å²) in [6.45, 7) is 5.23. The molecule has 0 saturated heterocycles. The summed E-state index contributed by atoms with van der Waals surface area (Å²) in [7, 11) is 2.91. The molecule has 10 heteroatoms. The standard InChI is InChI=1S/C24H25FN4O4S/c1-5-33-19-11-20(34-23(19)24(30)32-4)17-12-26-13-21(28-17)27-8-9-29-14(2)10-15-18(31-3)7-6-16(25)22(15)29/h6-7,10-13H,5,8-9H2,1-4H3,(H,27,28). The third kappa shape index (κ3) is 4.54. The van der Waals surface area contributed by atoms with Gasteiger partial charge in [0.25, 0.3) is 0 Å². The number of thiophene rings is 1. The summed E-state index contributed by atoms with van der Waals surface area (Å²) in [6, 6.07) is 6.73.